The lowest BCUT2D eigenvalue weighted by Gasteiger charge is -2.34. The van der Waals surface area contributed by atoms with Gasteiger partial charge in [-0.2, -0.15) is 0 Å². The Labute approximate surface area is 158 Å². The minimum Gasteiger partial charge on any atom is -0.407 e. The highest BCUT2D eigenvalue weighted by atomic mass is 127. The predicted octanol–water partition coefficient (Wildman–Crippen LogP) is 2.37. The van der Waals surface area contributed by atoms with Crippen LogP contribution in [0.3, 0.4) is 0 Å². The van der Waals surface area contributed by atoms with Crippen molar-refractivity contribution in [2.24, 2.45) is 0 Å². The van der Waals surface area contributed by atoms with Crippen LogP contribution >= 0.6 is 22.6 Å². The fraction of sp³-hybridized carbons (Fsp3) is 0.529. The first-order chi connectivity index (χ1) is 11.7. The second-order valence-corrected chi connectivity index (χ2v) is 8.07. The summed E-state index contributed by atoms with van der Waals surface area (Å²) in [6.07, 6.45) is -1.89. The Bertz CT molecular complexity index is 766. The molecule has 0 N–H and O–H groups in total. The number of anilines is 1. The van der Waals surface area contributed by atoms with Gasteiger partial charge in [0.2, 0.25) is 5.78 Å². The summed E-state index contributed by atoms with van der Waals surface area (Å²) in [6, 6.07) is 5.63. The van der Waals surface area contributed by atoms with E-state index in [0.717, 1.165) is 9.13 Å². The molecule has 3 aliphatic heterocycles. The number of ketones is 1. The van der Waals surface area contributed by atoms with E-state index in [1.54, 1.807) is 13.8 Å². The summed E-state index contributed by atoms with van der Waals surface area (Å²) in [7, 11) is 0. The van der Waals surface area contributed by atoms with E-state index < -0.39 is 35.7 Å². The van der Waals surface area contributed by atoms with E-state index in [1.165, 1.54) is 4.90 Å². The highest BCUT2D eigenvalue weighted by Crippen LogP contribution is 2.40. The molecule has 3 aliphatic rings. The van der Waals surface area contributed by atoms with Gasteiger partial charge in [0.1, 0.15) is 12.6 Å². The first-order valence-electron chi connectivity index (χ1n) is 8.01. The van der Waals surface area contributed by atoms with Gasteiger partial charge in [0, 0.05) is 9.26 Å². The molecule has 0 aromatic heterocycles. The number of benzene rings is 1. The number of fused-ring (bicyclic) bond motifs is 1. The lowest BCUT2D eigenvalue weighted by molar-refractivity contribution is -0.218. The quantitative estimate of drug-likeness (QED) is 0.601. The lowest BCUT2D eigenvalue weighted by Crippen LogP contribution is -2.59. The number of Topliss-reactive ketones (excluding diaryl/α,β-unsaturated/α-hetero) is 1. The summed E-state index contributed by atoms with van der Waals surface area (Å²) in [6.45, 7) is 5.60. The van der Waals surface area contributed by atoms with Crippen molar-refractivity contribution < 1.29 is 28.5 Å². The van der Waals surface area contributed by atoms with Gasteiger partial charge in [0.15, 0.2) is 11.9 Å². The monoisotopic (exact) mass is 459 g/mol. The molecule has 3 saturated heterocycles. The average Bonchev–Trinajstić information content (AvgIpc) is 3.04. The minimum atomic E-state index is -1.64. The summed E-state index contributed by atoms with van der Waals surface area (Å²) in [5.74, 6) is -2.92. The second kappa shape index (κ2) is 5.63. The number of ether oxygens (including phenoxy) is 4. The fourth-order valence-electron chi connectivity index (χ4n) is 3.33. The lowest BCUT2D eigenvalue weighted by atomic mass is 9.98. The first-order valence-corrected chi connectivity index (χ1v) is 9.09. The van der Waals surface area contributed by atoms with Gasteiger partial charge in [-0.05, 0) is 61.1 Å². The van der Waals surface area contributed by atoms with E-state index in [-0.39, 0.29) is 13.2 Å². The standard InChI is InChI=1S/C17H18INO6/c1-9-4-5-10(6-11(9)18)19-8-17(25-15(19)21)14(20)13-12(7-22-17)23-16(2,3)24-13/h4-6,12-13H,7-8H2,1-3H3/t12-,13-,17+/m1/s1. The summed E-state index contributed by atoms with van der Waals surface area (Å²) in [5, 5.41) is 0. The molecule has 1 amide bonds. The third kappa shape index (κ3) is 2.75. The van der Waals surface area contributed by atoms with E-state index in [2.05, 4.69) is 22.6 Å². The molecule has 0 aliphatic carbocycles. The van der Waals surface area contributed by atoms with E-state index in [9.17, 15) is 9.59 Å². The molecule has 1 aromatic rings. The van der Waals surface area contributed by atoms with Crippen LogP contribution in [-0.4, -0.2) is 48.8 Å². The normalized spacial score (nSPS) is 33.7. The fourth-order valence-corrected chi connectivity index (χ4v) is 3.83. The van der Waals surface area contributed by atoms with Gasteiger partial charge in [-0.15, -0.1) is 0 Å². The molecule has 0 bridgehead atoms. The molecule has 1 spiro atoms. The van der Waals surface area contributed by atoms with Gasteiger partial charge in [0.25, 0.3) is 5.79 Å². The van der Waals surface area contributed by atoms with Crippen LogP contribution in [0, 0.1) is 10.5 Å². The molecule has 8 heteroatoms. The van der Waals surface area contributed by atoms with Crippen LogP contribution in [-0.2, 0) is 23.7 Å². The molecule has 0 unspecified atom stereocenters. The van der Waals surface area contributed by atoms with Crippen LogP contribution in [0.5, 0.6) is 0 Å². The van der Waals surface area contributed by atoms with Crippen molar-refractivity contribution in [1.82, 2.24) is 0 Å². The Hall–Kier alpha value is -1.23. The molecule has 134 valence electrons. The summed E-state index contributed by atoms with van der Waals surface area (Å²) in [4.78, 5) is 26.8. The highest BCUT2D eigenvalue weighted by molar-refractivity contribution is 14.1. The number of hydrogen-bond acceptors (Lipinski definition) is 6. The van der Waals surface area contributed by atoms with Gasteiger partial charge >= 0.3 is 6.09 Å². The third-order valence-electron chi connectivity index (χ3n) is 4.60. The first kappa shape index (κ1) is 17.2. The Kier molecular flexibility index (Phi) is 3.87. The second-order valence-electron chi connectivity index (χ2n) is 6.91. The topological polar surface area (TPSA) is 74.3 Å². The molecular weight excluding hydrogens is 441 g/mol. The van der Waals surface area contributed by atoms with Crippen molar-refractivity contribution in [3.05, 3.63) is 27.3 Å². The minimum absolute atomic E-state index is 0.00316. The number of rotatable bonds is 1. The van der Waals surface area contributed by atoms with E-state index in [4.69, 9.17) is 18.9 Å². The molecule has 0 saturated carbocycles. The molecule has 0 radical (unpaired) electrons. The van der Waals surface area contributed by atoms with Crippen LogP contribution in [0.4, 0.5) is 10.5 Å². The molecule has 3 fully saturated rings. The van der Waals surface area contributed by atoms with Gasteiger partial charge in [-0.3, -0.25) is 9.69 Å². The van der Waals surface area contributed by atoms with Crippen molar-refractivity contribution >= 4 is 40.2 Å². The van der Waals surface area contributed by atoms with Gasteiger partial charge in [-0.1, -0.05) is 6.07 Å². The number of halogens is 1. The number of carbonyl (C=O) groups is 2. The SMILES string of the molecule is Cc1ccc(N2C[C@]3(OC[C@H]4OC(C)(C)O[C@H]4C3=O)OC2=O)cc1I. The highest BCUT2D eigenvalue weighted by Gasteiger charge is 2.63. The van der Waals surface area contributed by atoms with Crippen LogP contribution in [0.1, 0.15) is 19.4 Å². The summed E-state index contributed by atoms with van der Waals surface area (Å²) < 4.78 is 23.5. The molecule has 1 aromatic carbocycles. The summed E-state index contributed by atoms with van der Waals surface area (Å²) >= 11 is 2.20. The van der Waals surface area contributed by atoms with E-state index in [1.807, 2.05) is 25.1 Å². The Morgan fingerprint density at radius 2 is 2.00 bits per heavy atom. The van der Waals surface area contributed by atoms with Crippen LogP contribution in [0.2, 0.25) is 0 Å². The average molecular weight is 459 g/mol. The smallest absolute Gasteiger partial charge is 0.407 e. The zero-order valence-corrected chi connectivity index (χ0v) is 16.2. The summed E-state index contributed by atoms with van der Waals surface area (Å²) in [5.41, 5.74) is 1.78. The van der Waals surface area contributed by atoms with Gasteiger partial charge in [0.05, 0.1) is 6.61 Å². The Balaban J connectivity index is 1.61. The van der Waals surface area contributed by atoms with Crippen molar-refractivity contribution in [1.29, 1.82) is 0 Å². The van der Waals surface area contributed by atoms with Crippen molar-refractivity contribution in [3.63, 3.8) is 0 Å². The third-order valence-corrected chi connectivity index (χ3v) is 5.77. The molecule has 4 rings (SSSR count). The maximum Gasteiger partial charge on any atom is 0.417 e. The van der Waals surface area contributed by atoms with Crippen LogP contribution < -0.4 is 4.90 Å². The van der Waals surface area contributed by atoms with Crippen molar-refractivity contribution in [2.75, 3.05) is 18.1 Å². The number of hydrogen-bond donors (Lipinski definition) is 0. The maximum absolute atomic E-state index is 12.9. The zero-order valence-electron chi connectivity index (χ0n) is 14.1. The number of aryl methyl sites for hydroxylation is 1. The zero-order chi connectivity index (χ0) is 18.0. The molecule has 3 atom stereocenters. The molecule has 7 nitrogen and oxygen atoms in total. The van der Waals surface area contributed by atoms with Crippen LogP contribution in [0.15, 0.2) is 18.2 Å². The predicted molar refractivity (Wildman–Crippen MR) is 95.2 cm³/mol. The number of nitrogens with zero attached hydrogens (tertiary/aromatic N) is 1. The van der Waals surface area contributed by atoms with Crippen molar-refractivity contribution in [2.45, 2.75) is 44.6 Å². The maximum atomic E-state index is 12.9. The Morgan fingerprint density at radius 1 is 1.24 bits per heavy atom. The van der Waals surface area contributed by atoms with Crippen molar-refractivity contribution in [3.8, 4) is 0 Å². The van der Waals surface area contributed by atoms with Crippen LogP contribution in [0.25, 0.3) is 0 Å². The van der Waals surface area contributed by atoms with Gasteiger partial charge < -0.3 is 18.9 Å². The Morgan fingerprint density at radius 3 is 2.72 bits per heavy atom. The molecule has 3 heterocycles. The number of amides is 1. The molecule has 25 heavy (non-hydrogen) atoms. The van der Waals surface area contributed by atoms with Gasteiger partial charge in [-0.25, -0.2) is 4.79 Å². The van der Waals surface area contributed by atoms with E-state index in [0.29, 0.717) is 5.69 Å². The molecular formula is C17H18INO6. The van der Waals surface area contributed by atoms with E-state index >= 15 is 0 Å². The number of carbonyl (C=O) groups excluding carboxylic acids is 2. The largest absolute Gasteiger partial charge is 0.417 e.